The summed E-state index contributed by atoms with van der Waals surface area (Å²) in [6.07, 6.45) is 2.93. The van der Waals surface area contributed by atoms with Crippen LogP contribution in [0.3, 0.4) is 0 Å². The number of hydrogen-bond acceptors (Lipinski definition) is 2. The second-order valence-electron chi connectivity index (χ2n) is 4.27. The Balaban J connectivity index is 2.78. The average molecular weight is 329 g/mol. The topological polar surface area (TPSA) is 49.4 Å². The van der Waals surface area contributed by atoms with Crippen molar-refractivity contribution in [3.63, 3.8) is 0 Å². The molecule has 6 heteroatoms. The van der Waals surface area contributed by atoms with Crippen molar-refractivity contribution in [3.05, 3.63) is 39.9 Å². The van der Waals surface area contributed by atoms with Crippen LogP contribution in [0.25, 0.3) is 6.08 Å². The van der Waals surface area contributed by atoms with E-state index in [0.29, 0.717) is 28.7 Å². The molecule has 0 aliphatic carbocycles. The molecular weight excluding hydrogens is 311 g/mol. The van der Waals surface area contributed by atoms with Crippen molar-refractivity contribution in [1.82, 2.24) is 10.2 Å². The molecule has 0 fully saturated rings. The Labute approximate surface area is 134 Å². The first-order valence-electron chi connectivity index (χ1n) is 6.67. The monoisotopic (exact) mass is 328 g/mol. The number of nitrogens with zero attached hydrogens (tertiary/aromatic N) is 1. The molecule has 21 heavy (non-hydrogen) atoms. The Bertz CT molecular complexity index is 524. The molecule has 0 spiro atoms. The Morgan fingerprint density at radius 3 is 2.38 bits per heavy atom. The molecule has 114 valence electrons. The van der Waals surface area contributed by atoms with Crippen LogP contribution in [-0.2, 0) is 9.59 Å². The highest BCUT2D eigenvalue weighted by molar-refractivity contribution is 6.37. The van der Waals surface area contributed by atoms with Gasteiger partial charge in [0.2, 0.25) is 11.8 Å². The third-order valence-electron chi connectivity index (χ3n) is 2.79. The zero-order chi connectivity index (χ0) is 15.8. The highest BCUT2D eigenvalue weighted by Gasteiger charge is 2.12. The summed E-state index contributed by atoms with van der Waals surface area (Å²) in [4.78, 5) is 25.0. The number of carbonyl (C=O) groups is 2. The van der Waals surface area contributed by atoms with Crippen molar-refractivity contribution >= 4 is 41.1 Å². The number of amides is 2. The van der Waals surface area contributed by atoms with Gasteiger partial charge < -0.3 is 10.2 Å². The zero-order valence-electron chi connectivity index (χ0n) is 12.0. The molecule has 0 saturated heterocycles. The quantitative estimate of drug-likeness (QED) is 0.816. The third-order valence-corrected chi connectivity index (χ3v) is 3.45. The molecule has 2 amide bonds. The van der Waals surface area contributed by atoms with Crippen LogP contribution in [0.1, 0.15) is 19.4 Å². The van der Waals surface area contributed by atoms with Crippen molar-refractivity contribution in [2.75, 3.05) is 19.6 Å². The maximum atomic E-state index is 12.1. The average Bonchev–Trinajstić information content (AvgIpc) is 2.44. The maximum Gasteiger partial charge on any atom is 0.247 e. The van der Waals surface area contributed by atoms with E-state index in [4.69, 9.17) is 23.2 Å². The van der Waals surface area contributed by atoms with Gasteiger partial charge >= 0.3 is 0 Å². The number of halogens is 2. The van der Waals surface area contributed by atoms with Gasteiger partial charge in [-0.1, -0.05) is 29.3 Å². The number of benzene rings is 1. The first-order valence-corrected chi connectivity index (χ1v) is 7.42. The molecule has 0 atom stereocenters. The summed E-state index contributed by atoms with van der Waals surface area (Å²) in [5.41, 5.74) is 0.586. The lowest BCUT2D eigenvalue weighted by atomic mass is 10.2. The van der Waals surface area contributed by atoms with Crippen LogP contribution in [0.2, 0.25) is 10.0 Å². The van der Waals surface area contributed by atoms with Gasteiger partial charge in [0.15, 0.2) is 0 Å². The fourth-order valence-corrected chi connectivity index (χ4v) is 2.23. The highest BCUT2D eigenvalue weighted by Crippen LogP contribution is 2.25. The second kappa shape index (κ2) is 8.70. The highest BCUT2D eigenvalue weighted by atomic mass is 35.5. The standard InChI is InChI=1S/C15H18Cl2N2O2/c1-3-18-14(20)10-19(4-2)15(21)9-8-11-12(16)6-5-7-13(11)17/h5-9H,3-4,10H2,1-2H3,(H,18,20). The van der Waals surface area contributed by atoms with Gasteiger partial charge in [0.1, 0.15) is 0 Å². The minimum atomic E-state index is -0.264. The van der Waals surface area contributed by atoms with Crippen molar-refractivity contribution in [2.24, 2.45) is 0 Å². The van der Waals surface area contributed by atoms with E-state index in [9.17, 15) is 9.59 Å². The molecular formula is C15H18Cl2N2O2. The van der Waals surface area contributed by atoms with Crippen molar-refractivity contribution < 1.29 is 9.59 Å². The molecule has 0 aromatic heterocycles. The molecule has 0 saturated carbocycles. The predicted octanol–water partition coefficient (Wildman–Crippen LogP) is 2.99. The summed E-state index contributed by atoms with van der Waals surface area (Å²) < 4.78 is 0. The first-order chi connectivity index (χ1) is 9.99. The van der Waals surface area contributed by atoms with Gasteiger partial charge in [-0.05, 0) is 32.1 Å². The van der Waals surface area contributed by atoms with E-state index in [1.54, 1.807) is 24.3 Å². The van der Waals surface area contributed by atoms with Gasteiger partial charge in [0, 0.05) is 34.8 Å². The van der Waals surface area contributed by atoms with E-state index in [-0.39, 0.29) is 18.4 Å². The van der Waals surface area contributed by atoms with Crippen LogP contribution >= 0.6 is 23.2 Å². The van der Waals surface area contributed by atoms with Crippen LogP contribution in [0.15, 0.2) is 24.3 Å². The first kappa shape index (κ1) is 17.5. The van der Waals surface area contributed by atoms with Crippen LogP contribution in [-0.4, -0.2) is 36.3 Å². The van der Waals surface area contributed by atoms with Gasteiger partial charge in [0.25, 0.3) is 0 Å². The van der Waals surface area contributed by atoms with E-state index in [1.165, 1.54) is 11.0 Å². The van der Waals surface area contributed by atoms with Crippen molar-refractivity contribution in [2.45, 2.75) is 13.8 Å². The SMILES string of the molecule is CCNC(=O)CN(CC)C(=O)C=Cc1c(Cl)cccc1Cl. The van der Waals surface area contributed by atoms with Crippen LogP contribution in [0.4, 0.5) is 0 Å². The molecule has 0 heterocycles. The molecule has 0 aliphatic rings. The number of hydrogen-bond donors (Lipinski definition) is 1. The lowest BCUT2D eigenvalue weighted by molar-refractivity contribution is -0.132. The van der Waals surface area contributed by atoms with Gasteiger partial charge in [0.05, 0.1) is 6.54 Å². The van der Waals surface area contributed by atoms with Crippen molar-refractivity contribution in [1.29, 1.82) is 0 Å². The van der Waals surface area contributed by atoms with Crippen LogP contribution in [0, 0.1) is 0 Å². The summed E-state index contributed by atoms with van der Waals surface area (Å²) in [7, 11) is 0. The lowest BCUT2D eigenvalue weighted by Crippen LogP contribution is -2.39. The van der Waals surface area contributed by atoms with Gasteiger partial charge in [-0.2, -0.15) is 0 Å². The van der Waals surface area contributed by atoms with Gasteiger partial charge in [-0.25, -0.2) is 0 Å². The number of carbonyl (C=O) groups excluding carboxylic acids is 2. The summed E-state index contributed by atoms with van der Waals surface area (Å²) in [5, 5.41) is 3.60. The van der Waals surface area contributed by atoms with E-state index < -0.39 is 0 Å². The van der Waals surface area contributed by atoms with E-state index in [1.807, 2.05) is 13.8 Å². The Hall–Kier alpha value is -1.52. The van der Waals surface area contributed by atoms with E-state index >= 15 is 0 Å². The lowest BCUT2D eigenvalue weighted by Gasteiger charge is -2.18. The Morgan fingerprint density at radius 2 is 1.86 bits per heavy atom. The Kier molecular flexibility index (Phi) is 7.26. The summed E-state index contributed by atoms with van der Waals surface area (Å²) >= 11 is 12.1. The molecule has 1 aromatic rings. The number of nitrogens with one attached hydrogen (secondary N) is 1. The molecule has 0 bridgehead atoms. The minimum Gasteiger partial charge on any atom is -0.355 e. The largest absolute Gasteiger partial charge is 0.355 e. The Morgan fingerprint density at radius 1 is 1.24 bits per heavy atom. The normalized spacial score (nSPS) is 10.7. The summed E-state index contributed by atoms with van der Waals surface area (Å²) in [5.74, 6) is -0.448. The fraction of sp³-hybridized carbons (Fsp3) is 0.333. The molecule has 0 unspecified atom stereocenters. The predicted molar refractivity (Wildman–Crippen MR) is 86.4 cm³/mol. The second-order valence-corrected chi connectivity index (χ2v) is 5.09. The summed E-state index contributed by atoms with van der Waals surface area (Å²) in [6, 6.07) is 5.13. The molecule has 1 aromatic carbocycles. The fourth-order valence-electron chi connectivity index (χ4n) is 1.70. The maximum absolute atomic E-state index is 12.1. The molecule has 1 N–H and O–H groups in total. The van der Waals surface area contributed by atoms with Gasteiger partial charge in [-0.3, -0.25) is 9.59 Å². The van der Waals surface area contributed by atoms with E-state index in [0.717, 1.165) is 0 Å². The molecule has 4 nitrogen and oxygen atoms in total. The zero-order valence-corrected chi connectivity index (χ0v) is 13.5. The van der Waals surface area contributed by atoms with Gasteiger partial charge in [-0.15, -0.1) is 0 Å². The van der Waals surface area contributed by atoms with Crippen LogP contribution in [0.5, 0.6) is 0 Å². The minimum absolute atomic E-state index is 0.0315. The number of rotatable bonds is 6. The molecule has 1 rings (SSSR count). The van der Waals surface area contributed by atoms with E-state index in [2.05, 4.69) is 5.32 Å². The smallest absolute Gasteiger partial charge is 0.247 e. The molecule has 0 aliphatic heterocycles. The third kappa shape index (κ3) is 5.40. The van der Waals surface area contributed by atoms with Crippen LogP contribution < -0.4 is 5.32 Å². The summed E-state index contributed by atoms with van der Waals surface area (Å²) in [6.45, 7) is 4.65. The number of likely N-dealkylation sites (N-methyl/N-ethyl adjacent to an activating group) is 2. The molecule has 0 radical (unpaired) electrons. The van der Waals surface area contributed by atoms with Crippen molar-refractivity contribution in [3.8, 4) is 0 Å².